The van der Waals surface area contributed by atoms with Gasteiger partial charge in [0, 0.05) is 6.54 Å². The van der Waals surface area contributed by atoms with Crippen LogP contribution in [0.15, 0.2) is 59.7 Å². The van der Waals surface area contributed by atoms with Gasteiger partial charge in [-0.25, -0.2) is 4.98 Å². The van der Waals surface area contributed by atoms with Gasteiger partial charge in [0.25, 0.3) is 5.56 Å². The van der Waals surface area contributed by atoms with E-state index in [2.05, 4.69) is 9.88 Å². The topological polar surface area (TPSA) is 47.4 Å². The number of hydrogen-bond donors (Lipinski definition) is 0. The number of para-hydroxylation sites is 1. The van der Waals surface area contributed by atoms with Gasteiger partial charge in [-0.2, -0.15) is 0 Å². The number of nitrogens with zero attached hydrogens (tertiary/aromatic N) is 3. The Kier molecular flexibility index (Phi) is 5.49. The van der Waals surface area contributed by atoms with Gasteiger partial charge in [0.1, 0.15) is 12.1 Å². The van der Waals surface area contributed by atoms with Gasteiger partial charge in [-0.3, -0.25) is 9.36 Å². The van der Waals surface area contributed by atoms with Crippen LogP contribution in [0, 0.1) is 0 Å². The number of piperidine rings is 1. The zero-order chi connectivity index (χ0) is 18.5. The summed E-state index contributed by atoms with van der Waals surface area (Å²) >= 11 is 0. The Labute approximate surface area is 159 Å². The van der Waals surface area contributed by atoms with Crippen LogP contribution in [0.25, 0.3) is 16.6 Å². The van der Waals surface area contributed by atoms with Crippen LogP contribution in [0.5, 0.6) is 5.75 Å². The largest absolute Gasteiger partial charge is 0.494 e. The van der Waals surface area contributed by atoms with E-state index in [4.69, 9.17) is 4.74 Å². The molecule has 27 heavy (non-hydrogen) atoms. The molecule has 1 aliphatic heterocycles. The molecule has 0 spiro atoms. The van der Waals surface area contributed by atoms with Crippen molar-refractivity contribution in [2.75, 3.05) is 26.2 Å². The summed E-state index contributed by atoms with van der Waals surface area (Å²) in [6, 6.07) is 15.0. The first kappa shape index (κ1) is 17.7. The summed E-state index contributed by atoms with van der Waals surface area (Å²) in [5.74, 6) is 0.833. The lowest BCUT2D eigenvalue weighted by molar-refractivity contribution is 0.205. The third-order valence-electron chi connectivity index (χ3n) is 5.12. The average molecular weight is 363 g/mol. The highest BCUT2D eigenvalue weighted by molar-refractivity contribution is 5.77. The second-order valence-corrected chi connectivity index (χ2v) is 7.04. The van der Waals surface area contributed by atoms with Gasteiger partial charge in [0.2, 0.25) is 0 Å². The van der Waals surface area contributed by atoms with Gasteiger partial charge in [-0.05, 0) is 68.8 Å². The minimum absolute atomic E-state index is 0.0594. The number of likely N-dealkylation sites (tertiary alicyclic amines) is 1. The van der Waals surface area contributed by atoms with Crippen molar-refractivity contribution in [1.29, 1.82) is 0 Å². The van der Waals surface area contributed by atoms with Crippen molar-refractivity contribution in [1.82, 2.24) is 14.5 Å². The number of hydrogen-bond acceptors (Lipinski definition) is 4. The number of fused-ring (bicyclic) bond motifs is 1. The fraction of sp³-hybridized carbons (Fsp3) is 0.364. The van der Waals surface area contributed by atoms with E-state index in [1.807, 2.05) is 42.5 Å². The lowest BCUT2D eigenvalue weighted by Crippen LogP contribution is -2.31. The molecule has 0 radical (unpaired) electrons. The van der Waals surface area contributed by atoms with Crippen LogP contribution in [-0.2, 0) is 0 Å². The third kappa shape index (κ3) is 4.19. The molecule has 2 heterocycles. The van der Waals surface area contributed by atoms with E-state index in [-0.39, 0.29) is 5.56 Å². The predicted molar refractivity (Wildman–Crippen MR) is 108 cm³/mol. The number of aromatic nitrogens is 2. The molecule has 1 aliphatic rings. The monoisotopic (exact) mass is 363 g/mol. The van der Waals surface area contributed by atoms with E-state index in [1.165, 1.54) is 32.4 Å². The zero-order valence-electron chi connectivity index (χ0n) is 15.5. The van der Waals surface area contributed by atoms with Crippen LogP contribution in [0.3, 0.4) is 0 Å². The first-order valence-electron chi connectivity index (χ1n) is 9.73. The van der Waals surface area contributed by atoms with Crippen LogP contribution in [0.1, 0.15) is 25.7 Å². The van der Waals surface area contributed by atoms with Crippen molar-refractivity contribution in [3.8, 4) is 11.4 Å². The summed E-state index contributed by atoms with van der Waals surface area (Å²) in [6.07, 6.45) is 6.64. The van der Waals surface area contributed by atoms with E-state index in [9.17, 15) is 4.79 Å². The summed E-state index contributed by atoms with van der Waals surface area (Å²) in [5.41, 5.74) is 1.45. The van der Waals surface area contributed by atoms with Gasteiger partial charge in [0.15, 0.2) is 0 Å². The molecule has 2 aromatic carbocycles. The molecule has 3 aromatic rings. The highest BCUT2D eigenvalue weighted by Crippen LogP contribution is 2.16. The molecule has 140 valence electrons. The molecular formula is C22H25N3O2. The second kappa shape index (κ2) is 8.35. The molecule has 1 saturated heterocycles. The van der Waals surface area contributed by atoms with Crippen molar-refractivity contribution < 1.29 is 4.74 Å². The molecular weight excluding hydrogens is 338 g/mol. The third-order valence-corrected chi connectivity index (χ3v) is 5.12. The van der Waals surface area contributed by atoms with E-state index in [1.54, 1.807) is 17.0 Å². The molecule has 5 heteroatoms. The first-order chi connectivity index (χ1) is 13.3. The van der Waals surface area contributed by atoms with Crippen LogP contribution >= 0.6 is 0 Å². The summed E-state index contributed by atoms with van der Waals surface area (Å²) < 4.78 is 7.43. The zero-order valence-corrected chi connectivity index (χ0v) is 15.5. The fourth-order valence-corrected chi connectivity index (χ4v) is 3.62. The normalized spacial score (nSPS) is 15.1. The van der Waals surface area contributed by atoms with E-state index in [0.717, 1.165) is 24.4 Å². The lowest BCUT2D eigenvalue weighted by Gasteiger charge is -2.26. The van der Waals surface area contributed by atoms with E-state index >= 15 is 0 Å². The van der Waals surface area contributed by atoms with Crippen molar-refractivity contribution in [3.05, 3.63) is 65.2 Å². The molecule has 0 saturated carbocycles. The van der Waals surface area contributed by atoms with Crippen LogP contribution < -0.4 is 10.3 Å². The van der Waals surface area contributed by atoms with Crippen LogP contribution in [0.2, 0.25) is 0 Å². The number of benzene rings is 2. The van der Waals surface area contributed by atoms with Gasteiger partial charge in [-0.1, -0.05) is 18.6 Å². The van der Waals surface area contributed by atoms with Gasteiger partial charge < -0.3 is 9.64 Å². The SMILES string of the molecule is O=c1c2ccccc2ncn1-c1ccc(OCCCN2CCCCC2)cc1. The Balaban J connectivity index is 1.37. The van der Waals surface area contributed by atoms with Gasteiger partial charge in [-0.15, -0.1) is 0 Å². The van der Waals surface area contributed by atoms with Gasteiger partial charge >= 0.3 is 0 Å². The fourth-order valence-electron chi connectivity index (χ4n) is 3.62. The smallest absolute Gasteiger partial charge is 0.265 e. The van der Waals surface area contributed by atoms with Crippen LogP contribution in [-0.4, -0.2) is 40.7 Å². The quantitative estimate of drug-likeness (QED) is 0.628. The second-order valence-electron chi connectivity index (χ2n) is 7.04. The maximum Gasteiger partial charge on any atom is 0.265 e. The maximum atomic E-state index is 12.7. The number of ether oxygens (including phenoxy) is 1. The molecule has 0 atom stereocenters. The molecule has 1 fully saturated rings. The molecule has 1 aromatic heterocycles. The number of rotatable bonds is 6. The minimum Gasteiger partial charge on any atom is -0.494 e. The summed E-state index contributed by atoms with van der Waals surface area (Å²) in [4.78, 5) is 19.6. The summed E-state index contributed by atoms with van der Waals surface area (Å²) in [7, 11) is 0. The van der Waals surface area contributed by atoms with Gasteiger partial charge in [0.05, 0.1) is 23.2 Å². The summed E-state index contributed by atoms with van der Waals surface area (Å²) in [5, 5.41) is 0.623. The Hall–Kier alpha value is -2.66. The molecule has 0 unspecified atom stereocenters. The van der Waals surface area contributed by atoms with Crippen molar-refractivity contribution in [2.45, 2.75) is 25.7 Å². The highest BCUT2D eigenvalue weighted by Gasteiger charge is 2.09. The first-order valence-corrected chi connectivity index (χ1v) is 9.73. The molecule has 0 amide bonds. The predicted octanol–water partition coefficient (Wildman–Crippen LogP) is 3.64. The molecule has 4 rings (SSSR count). The summed E-state index contributed by atoms with van der Waals surface area (Å²) in [6.45, 7) is 4.27. The molecule has 0 bridgehead atoms. The Bertz CT molecular complexity index is 944. The molecule has 0 N–H and O–H groups in total. The maximum absolute atomic E-state index is 12.7. The van der Waals surface area contributed by atoms with Crippen LogP contribution in [0.4, 0.5) is 0 Å². The Morgan fingerprint density at radius 3 is 2.56 bits per heavy atom. The highest BCUT2D eigenvalue weighted by atomic mass is 16.5. The van der Waals surface area contributed by atoms with E-state index < -0.39 is 0 Å². The van der Waals surface area contributed by atoms with Crippen molar-refractivity contribution in [3.63, 3.8) is 0 Å². The molecule has 5 nitrogen and oxygen atoms in total. The Morgan fingerprint density at radius 2 is 1.74 bits per heavy atom. The van der Waals surface area contributed by atoms with E-state index in [0.29, 0.717) is 17.5 Å². The van der Waals surface area contributed by atoms with Crippen molar-refractivity contribution >= 4 is 10.9 Å². The molecule has 0 aliphatic carbocycles. The average Bonchev–Trinajstić information content (AvgIpc) is 2.73. The lowest BCUT2D eigenvalue weighted by atomic mass is 10.1. The Morgan fingerprint density at radius 1 is 0.963 bits per heavy atom. The minimum atomic E-state index is -0.0594. The standard InChI is InChI=1S/C22H25N3O2/c26-22-20-7-2-3-8-21(20)23-17-25(22)18-9-11-19(12-10-18)27-16-6-15-24-13-4-1-5-14-24/h2-3,7-12,17H,1,4-6,13-16H2. The van der Waals surface area contributed by atoms with Crippen molar-refractivity contribution in [2.24, 2.45) is 0 Å².